The Morgan fingerprint density at radius 3 is 2.53 bits per heavy atom. The minimum atomic E-state index is -0.312. The maximum absolute atomic E-state index is 11.0. The predicted octanol–water partition coefficient (Wildman–Crippen LogP) is 0.929. The van der Waals surface area contributed by atoms with Gasteiger partial charge in [0.05, 0.1) is 13.2 Å². The van der Waals surface area contributed by atoms with Crippen LogP contribution in [0, 0.1) is 6.92 Å². The number of rotatable bonds is 7. The third-order valence-corrected chi connectivity index (χ3v) is 2.52. The molecule has 0 fully saturated rings. The Labute approximate surface area is 102 Å². The summed E-state index contributed by atoms with van der Waals surface area (Å²) in [6.45, 7) is 4.33. The first-order chi connectivity index (χ1) is 8.11. The number of carbonyl (C=O) groups is 1. The van der Waals surface area contributed by atoms with Gasteiger partial charge in [0.2, 0.25) is 5.91 Å². The normalized spacial score (nSPS) is 10.8. The Morgan fingerprint density at radius 1 is 1.35 bits per heavy atom. The maximum Gasteiger partial charge on any atom is 0.231 e. The number of amides is 1. The van der Waals surface area contributed by atoms with E-state index in [1.165, 1.54) is 11.1 Å². The summed E-state index contributed by atoms with van der Waals surface area (Å²) in [5.41, 5.74) is 7.62. The number of nitrogens with zero attached hydrogens (tertiary/aromatic N) is 1. The Bertz CT molecular complexity index is 349. The van der Waals surface area contributed by atoms with Crippen LogP contribution in [0.4, 0.5) is 0 Å². The van der Waals surface area contributed by atoms with Gasteiger partial charge in [-0.05, 0) is 12.5 Å². The van der Waals surface area contributed by atoms with Gasteiger partial charge in [-0.3, -0.25) is 9.69 Å². The Kier molecular flexibility index (Phi) is 5.66. The molecule has 0 aromatic heterocycles. The van der Waals surface area contributed by atoms with Crippen molar-refractivity contribution in [3.63, 3.8) is 0 Å². The van der Waals surface area contributed by atoms with Crippen molar-refractivity contribution in [1.29, 1.82) is 0 Å². The minimum Gasteiger partial charge on any atom is -0.383 e. The third-order valence-electron chi connectivity index (χ3n) is 2.52. The highest BCUT2D eigenvalue weighted by atomic mass is 16.5. The van der Waals surface area contributed by atoms with E-state index in [-0.39, 0.29) is 12.5 Å². The van der Waals surface area contributed by atoms with Gasteiger partial charge in [0, 0.05) is 20.2 Å². The van der Waals surface area contributed by atoms with E-state index in [0.717, 1.165) is 0 Å². The second kappa shape index (κ2) is 7.04. The molecule has 1 aromatic rings. The second-order valence-corrected chi connectivity index (χ2v) is 4.16. The predicted molar refractivity (Wildman–Crippen MR) is 67.5 cm³/mol. The van der Waals surface area contributed by atoms with Crippen LogP contribution in [0.3, 0.4) is 0 Å². The first-order valence-corrected chi connectivity index (χ1v) is 5.67. The number of nitrogens with two attached hydrogens (primary N) is 1. The quantitative estimate of drug-likeness (QED) is 0.766. The Balaban J connectivity index is 2.57. The second-order valence-electron chi connectivity index (χ2n) is 4.16. The first kappa shape index (κ1) is 13.7. The molecule has 0 saturated heterocycles. The molecule has 0 aliphatic heterocycles. The van der Waals surface area contributed by atoms with E-state index < -0.39 is 0 Å². The van der Waals surface area contributed by atoms with Gasteiger partial charge >= 0.3 is 0 Å². The molecule has 0 atom stereocenters. The molecule has 4 heteroatoms. The molecule has 94 valence electrons. The summed E-state index contributed by atoms with van der Waals surface area (Å²) in [4.78, 5) is 12.9. The number of primary amides is 1. The van der Waals surface area contributed by atoms with Crippen molar-refractivity contribution < 1.29 is 9.53 Å². The zero-order valence-electron chi connectivity index (χ0n) is 10.5. The molecule has 1 aromatic carbocycles. The van der Waals surface area contributed by atoms with Crippen molar-refractivity contribution in [2.45, 2.75) is 13.5 Å². The maximum atomic E-state index is 11.0. The zero-order valence-corrected chi connectivity index (χ0v) is 10.5. The highest BCUT2D eigenvalue weighted by Crippen LogP contribution is 2.06. The molecule has 0 unspecified atom stereocenters. The van der Waals surface area contributed by atoms with Crippen molar-refractivity contribution in [2.24, 2.45) is 5.73 Å². The molecule has 0 bridgehead atoms. The molecule has 0 heterocycles. The average Bonchev–Trinajstić information content (AvgIpc) is 2.28. The zero-order chi connectivity index (χ0) is 12.7. The molecule has 0 aliphatic carbocycles. The van der Waals surface area contributed by atoms with E-state index in [1.54, 1.807) is 7.11 Å². The Hall–Kier alpha value is -1.39. The number of carbonyl (C=O) groups excluding carboxylic acids is 1. The summed E-state index contributed by atoms with van der Waals surface area (Å²) in [7, 11) is 1.65. The average molecular weight is 236 g/mol. The first-order valence-electron chi connectivity index (χ1n) is 5.67. The van der Waals surface area contributed by atoms with Crippen LogP contribution >= 0.6 is 0 Å². The van der Waals surface area contributed by atoms with Crippen molar-refractivity contribution >= 4 is 5.91 Å². The van der Waals surface area contributed by atoms with Crippen LogP contribution in [0.25, 0.3) is 0 Å². The van der Waals surface area contributed by atoms with Crippen molar-refractivity contribution in [3.8, 4) is 0 Å². The van der Waals surface area contributed by atoms with Crippen molar-refractivity contribution in [3.05, 3.63) is 35.4 Å². The lowest BCUT2D eigenvalue weighted by molar-refractivity contribution is -0.119. The molecule has 4 nitrogen and oxygen atoms in total. The van der Waals surface area contributed by atoms with Gasteiger partial charge in [-0.2, -0.15) is 0 Å². The number of aryl methyl sites for hydroxylation is 1. The van der Waals surface area contributed by atoms with E-state index in [0.29, 0.717) is 19.7 Å². The minimum absolute atomic E-state index is 0.261. The number of hydrogen-bond acceptors (Lipinski definition) is 3. The summed E-state index contributed by atoms with van der Waals surface area (Å²) < 4.78 is 5.02. The van der Waals surface area contributed by atoms with Crippen LogP contribution in [-0.4, -0.2) is 37.6 Å². The number of methoxy groups -OCH3 is 1. The third kappa shape index (κ3) is 5.47. The molecule has 2 N–H and O–H groups in total. The molecular formula is C13H20N2O2. The standard InChI is InChI=1S/C13H20N2O2/c1-11-3-5-12(6-4-11)9-15(7-8-17-2)10-13(14)16/h3-6H,7-10H2,1-2H3,(H2,14,16). The number of hydrogen-bond donors (Lipinski definition) is 1. The largest absolute Gasteiger partial charge is 0.383 e. The lowest BCUT2D eigenvalue weighted by atomic mass is 10.1. The molecular weight excluding hydrogens is 216 g/mol. The molecule has 0 aliphatic rings. The van der Waals surface area contributed by atoms with Crippen LogP contribution < -0.4 is 5.73 Å². The lowest BCUT2D eigenvalue weighted by Crippen LogP contribution is -2.35. The van der Waals surface area contributed by atoms with E-state index in [1.807, 2.05) is 4.90 Å². The number of ether oxygens (including phenoxy) is 1. The highest BCUT2D eigenvalue weighted by Gasteiger charge is 2.08. The molecule has 1 rings (SSSR count). The molecule has 17 heavy (non-hydrogen) atoms. The summed E-state index contributed by atoms with van der Waals surface area (Å²) in [5.74, 6) is -0.312. The fourth-order valence-corrected chi connectivity index (χ4v) is 1.61. The smallest absolute Gasteiger partial charge is 0.231 e. The van der Waals surface area contributed by atoms with Crippen LogP contribution in [0.1, 0.15) is 11.1 Å². The summed E-state index contributed by atoms with van der Waals surface area (Å²) in [6.07, 6.45) is 0. The summed E-state index contributed by atoms with van der Waals surface area (Å²) >= 11 is 0. The van der Waals surface area contributed by atoms with Gasteiger partial charge in [-0.1, -0.05) is 29.8 Å². The van der Waals surface area contributed by atoms with Gasteiger partial charge in [-0.15, -0.1) is 0 Å². The van der Waals surface area contributed by atoms with E-state index >= 15 is 0 Å². The monoisotopic (exact) mass is 236 g/mol. The van der Waals surface area contributed by atoms with Gasteiger partial charge in [0.25, 0.3) is 0 Å². The van der Waals surface area contributed by atoms with Gasteiger partial charge in [0.15, 0.2) is 0 Å². The fraction of sp³-hybridized carbons (Fsp3) is 0.462. The Morgan fingerprint density at radius 2 is 2.00 bits per heavy atom. The van der Waals surface area contributed by atoms with E-state index in [4.69, 9.17) is 10.5 Å². The van der Waals surface area contributed by atoms with Crippen molar-refractivity contribution in [2.75, 3.05) is 26.8 Å². The van der Waals surface area contributed by atoms with E-state index in [2.05, 4.69) is 31.2 Å². The van der Waals surface area contributed by atoms with Crippen LogP contribution in [0.5, 0.6) is 0 Å². The number of benzene rings is 1. The van der Waals surface area contributed by atoms with Gasteiger partial charge < -0.3 is 10.5 Å². The molecule has 0 saturated carbocycles. The lowest BCUT2D eigenvalue weighted by Gasteiger charge is -2.20. The van der Waals surface area contributed by atoms with Gasteiger partial charge in [-0.25, -0.2) is 0 Å². The SMILES string of the molecule is COCCN(CC(N)=O)Cc1ccc(C)cc1. The van der Waals surface area contributed by atoms with Crippen LogP contribution in [-0.2, 0) is 16.1 Å². The van der Waals surface area contributed by atoms with Crippen molar-refractivity contribution in [1.82, 2.24) is 4.90 Å². The van der Waals surface area contributed by atoms with E-state index in [9.17, 15) is 4.79 Å². The van der Waals surface area contributed by atoms with Crippen LogP contribution in [0.15, 0.2) is 24.3 Å². The molecule has 1 amide bonds. The van der Waals surface area contributed by atoms with Crippen LogP contribution in [0.2, 0.25) is 0 Å². The highest BCUT2D eigenvalue weighted by molar-refractivity contribution is 5.75. The topological polar surface area (TPSA) is 55.6 Å². The summed E-state index contributed by atoms with van der Waals surface area (Å²) in [5, 5.41) is 0. The van der Waals surface area contributed by atoms with Gasteiger partial charge in [0.1, 0.15) is 0 Å². The molecule has 0 spiro atoms. The fourth-order valence-electron chi connectivity index (χ4n) is 1.61. The summed E-state index contributed by atoms with van der Waals surface area (Å²) in [6, 6.07) is 8.26. The molecule has 0 radical (unpaired) electrons.